The molecule has 1 aliphatic rings. The molecule has 12 heavy (non-hydrogen) atoms. The first-order valence-corrected chi connectivity index (χ1v) is 3.95. The molecule has 4 N–H and O–H groups in total. The van der Waals surface area contributed by atoms with Crippen molar-refractivity contribution in [2.75, 3.05) is 0 Å². The number of hydrogen-bond donors (Lipinski definition) is 3. The molecule has 1 rings (SSSR count). The summed E-state index contributed by atoms with van der Waals surface area (Å²) >= 11 is 4.77. The molecule has 68 valence electrons. The molecular weight excluding hydrogens is 176 g/mol. The second-order valence-corrected chi connectivity index (χ2v) is 3.47. The van der Waals surface area contributed by atoms with Gasteiger partial charge in [0.1, 0.15) is 5.66 Å². The van der Waals surface area contributed by atoms with Gasteiger partial charge in [-0.15, -0.1) is 0 Å². The van der Waals surface area contributed by atoms with E-state index < -0.39 is 5.66 Å². The molecule has 0 amide bonds. The van der Waals surface area contributed by atoms with Gasteiger partial charge in [0.25, 0.3) is 0 Å². The quantitative estimate of drug-likeness (QED) is 0.399. The summed E-state index contributed by atoms with van der Waals surface area (Å²) in [6, 6.07) is 0. The van der Waals surface area contributed by atoms with Gasteiger partial charge in [-0.05, 0) is 26.1 Å². The summed E-state index contributed by atoms with van der Waals surface area (Å²) in [4.78, 5) is 0. The molecule has 0 spiro atoms. The number of hydroxylamine groups is 1. The zero-order chi connectivity index (χ0) is 9.35. The monoisotopic (exact) mass is 188 g/mol. The number of hydrazone groups is 1. The van der Waals surface area contributed by atoms with Crippen molar-refractivity contribution in [1.82, 2.24) is 10.5 Å². The molecule has 5 nitrogen and oxygen atoms in total. The minimum Gasteiger partial charge on any atom is -0.375 e. The van der Waals surface area contributed by atoms with Gasteiger partial charge in [0, 0.05) is 12.1 Å². The molecule has 1 unspecified atom stereocenters. The highest BCUT2D eigenvalue weighted by atomic mass is 32.1. The van der Waals surface area contributed by atoms with Crippen molar-refractivity contribution in [3.63, 3.8) is 0 Å². The van der Waals surface area contributed by atoms with Crippen LogP contribution in [-0.4, -0.2) is 26.7 Å². The van der Waals surface area contributed by atoms with Crippen LogP contribution in [0.2, 0.25) is 0 Å². The van der Waals surface area contributed by atoms with E-state index in [9.17, 15) is 0 Å². The average molecular weight is 188 g/mol. The summed E-state index contributed by atoms with van der Waals surface area (Å²) in [5.74, 6) is 0. The Hall–Kier alpha value is -0.720. The lowest BCUT2D eigenvalue weighted by Gasteiger charge is -2.30. The summed E-state index contributed by atoms with van der Waals surface area (Å²) in [7, 11) is 0. The molecular formula is C6H12N4OS. The van der Waals surface area contributed by atoms with Crippen molar-refractivity contribution >= 4 is 23.0 Å². The highest BCUT2D eigenvalue weighted by molar-refractivity contribution is 7.80. The van der Waals surface area contributed by atoms with E-state index in [0.29, 0.717) is 6.42 Å². The van der Waals surface area contributed by atoms with Crippen molar-refractivity contribution in [2.24, 2.45) is 10.8 Å². The summed E-state index contributed by atoms with van der Waals surface area (Å²) in [6.07, 6.45) is 0.598. The maximum atomic E-state index is 8.88. The Balaban J connectivity index is 2.88. The van der Waals surface area contributed by atoms with Gasteiger partial charge in [-0.2, -0.15) is 10.6 Å². The number of nitrogens with two attached hydrogens (primary N) is 1. The van der Waals surface area contributed by atoms with E-state index in [0.717, 1.165) is 5.71 Å². The number of thiocarbonyl (C=S) groups is 1. The number of nitrogens with one attached hydrogen (secondary N) is 1. The van der Waals surface area contributed by atoms with Crippen LogP contribution in [0.5, 0.6) is 0 Å². The third-order valence-corrected chi connectivity index (χ3v) is 1.96. The molecule has 1 heterocycles. The zero-order valence-corrected chi connectivity index (χ0v) is 7.85. The van der Waals surface area contributed by atoms with Crippen molar-refractivity contribution in [3.8, 4) is 0 Å². The first-order valence-electron chi connectivity index (χ1n) is 3.54. The van der Waals surface area contributed by atoms with Crippen LogP contribution in [0.3, 0.4) is 0 Å². The van der Waals surface area contributed by atoms with Crippen molar-refractivity contribution in [1.29, 1.82) is 0 Å². The highest BCUT2D eigenvalue weighted by Gasteiger charge is 2.38. The van der Waals surface area contributed by atoms with Crippen LogP contribution in [0.4, 0.5) is 0 Å². The Morgan fingerprint density at radius 3 is 2.83 bits per heavy atom. The molecule has 0 aromatic carbocycles. The normalized spacial score (nSPS) is 28.9. The van der Waals surface area contributed by atoms with Gasteiger partial charge in [-0.25, -0.2) is 5.01 Å². The van der Waals surface area contributed by atoms with Crippen LogP contribution in [0.15, 0.2) is 5.10 Å². The van der Waals surface area contributed by atoms with Crippen LogP contribution in [0.1, 0.15) is 20.3 Å². The number of nitrogens with zero attached hydrogens (tertiary/aromatic N) is 2. The SMILES string of the molecule is CC1=NN(C(N)=S)C(C)(NO)C1. The Bertz CT molecular complexity index is 242. The molecule has 0 aromatic rings. The molecule has 0 fully saturated rings. The minimum atomic E-state index is -0.685. The van der Waals surface area contributed by atoms with Gasteiger partial charge in [0.15, 0.2) is 5.11 Å². The fraction of sp³-hybridized carbons (Fsp3) is 0.667. The van der Waals surface area contributed by atoms with Crippen LogP contribution in [-0.2, 0) is 0 Å². The minimum absolute atomic E-state index is 0.149. The second-order valence-electron chi connectivity index (χ2n) is 3.05. The van der Waals surface area contributed by atoms with Gasteiger partial charge in [0.2, 0.25) is 0 Å². The highest BCUT2D eigenvalue weighted by Crippen LogP contribution is 2.23. The predicted molar refractivity (Wildman–Crippen MR) is 49.7 cm³/mol. The summed E-state index contributed by atoms with van der Waals surface area (Å²) in [6.45, 7) is 3.63. The summed E-state index contributed by atoms with van der Waals surface area (Å²) in [5.41, 5.74) is 7.75. The Labute approximate surface area is 76.2 Å². The number of hydrogen-bond acceptors (Lipinski definition) is 4. The Kier molecular flexibility index (Phi) is 2.31. The molecule has 0 radical (unpaired) electrons. The zero-order valence-electron chi connectivity index (χ0n) is 7.03. The van der Waals surface area contributed by atoms with Crippen LogP contribution in [0, 0.1) is 0 Å². The topological polar surface area (TPSA) is 73.9 Å². The second kappa shape index (κ2) is 2.96. The fourth-order valence-electron chi connectivity index (χ4n) is 1.27. The standard InChI is InChI=1S/C6H12N4OS/c1-4-3-6(2,9-11)10(8-4)5(7)12/h9,11H,3H2,1-2H3,(H2,7,12). The first-order chi connectivity index (χ1) is 5.49. The van der Waals surface area contributed by atoms with Crippen LogP contribution >= 0.6 is 12.2 Å². The predicted octanol–water partition coefficient (Wildman–Crippen LogP) is 0.00660. The molecule has 6 heteroatoms. The lowest BCUT2D eigenvalue weighted by atomic mass is 10.1. The summed E-state index contributed by atoms with van der Waals surface area (Å²) < 4.78 is 0. The first kappa shape index (κ1) is 9.37. The van der Waals surface area contributed by atoms with Gasteiger partial charge in [-0.1, -0.05) is 0 Å². The summed E-state index contributed by atoms with van der Waals surface area (Å²) in [5, 5.41) is 14.5. The molecule has 1 aliphatic heterocycles. The van der Waals surface area contributed by atoms with Gasteiger partial charge < -0.3 is 10.9 Å². The van der Waals surface area contributed by atoms with Crippen LogP contribution in [0.25, 0.3) is 0 Å². The number of rotatable bonds is 1. The van der Waals surface area contributed by atoms with Crippen LogP contribution < -0.4 is 11.2 Å². The molecule has 0 saturated carbocycles. The molecule has 0 bridgehead atoms. The van der Waals surface area contributed by atoms with E-state index in [1.54, 1.807) is 6.92 Å². The van der Waals surface area contributed by atoms with Crippen molar-refractivity contribution < 1.29 is 5.21 Å². The van der Waals surface area contributed by atoms with Crippen molar-refractivity contribution in [3.05, 3.63) is 0 Å². The maximum Gasteiger partial charge on any atom is 0.188 e. The molecule has 0 aromatic heterocycles. The molecule has 0 aliphatic carbocycles. The molecule has 0 saturated heterocycles. The van der Waals surface area contributed by atoms with Gasteiger partial charge in [-0.3, -0.25) is 0 Å². The molecule has 1 atom stereocenters. The van der Waals surface area contributed by atoms with E-state index in [1.807, 2.05) is 6.92 Å². The average Bonchev–Trinajstić information content (AvgIpc) is 2.27. The van der Waals surface area contributed by atoms with E-state index in [-0.39, 0.29) is 5.11 Å². The smallest absolute Gasteiger partial charge is 0.188 e. The van der Waals surface area contributed by atoms with Crippen molar-refractivity contribution in [2.45, 2.75) is 25.9 Å². The van der Waals surface area contributed by atoms with E-state index >= 15 is 0 Å². The maximum absolute atomic E-state index is 8.88. The van der Waals surface area contributed by atoms with E-state index in [2.05, 4.69) is 10.6 Å². The Morgan fingerprint density at radius 1 is 1.92 bits per heavy atom. The Morgan fingerprint density at radius 2 is 2.50 bits per heavy atom. The van der Waals surface area contributed by atoms with E-state index in [4.69, 9.17) is 23.2 Å². The fourth-order valence-corrected chi connectivity index (χ4v) is 1.51. The van der Waals surface area contributed by atoms with Gasteiger partial charge >= 0.3 is 0 Å². The lowest BCUT2D eigenvalue weighted by Crippen LogP contribution is -2.54. The van der Waals surface area contributed by atoms with Gasteiger partial charge in [0.05, 0.1) is 0 Å². The third kappa shape index (κ3) is 1.40. The van der Waals surface area contributed by atoms with E-state index in [1.165, 1.54) is 5.01 Å². The largest absolute Gasteiger partial charge is 0.375 e. The lowest BCUT2D eigenvalue weighted by molar-refractivity contribution is 0.0115. The third-order valence-electron chi connectivity index (χ3n) is 1.79.